The van der Waals surface area contributed by atoms with Crippen LogP contribution in [0.2, 0.25) is 0 Å². The normalized spacial score (nSPS) is 16.6. The first kappa shape index (κ1) is 21.1. The number of halogens is 1. The van der Waals surface area contributed by atoms with Crippen LogP contribution in [0.25, 0.3) is 0 Å². The van der Waals surface area contributed by atoms with E-state index in [-0.39, 0.29) is 36.0 Å². The lowest BCUT2D eigenvalue weighted by atomic mass is 9.86. The van der Waals surface area contributed by atoms with Gasteiger partial charge in [0.25, 0.3) is 0 Å². The maximum absolute atomic E-state index is 12.6. The number of carbonyl (C=O) groups is 1. The topological polar surface area (TPSA) is 67.8 Å². The Balaban J connectivity index is 0.00000261. The van der Waals surface area contributed by atoms with Crippen molar-refractivity contribution in [2.45, 2.75) is 38.3 Å². The van der Waals surface area contributed by atoms with Crippen LogP contribution in [0.1, 0.15) is 34.8 Å². The molecule has 0 heterocycles. The quantitative estimate of drug-likeness (QED) is 0.737. The molecule has 0 bridgehead atoms. The van der Waals surface area contributed by atoms with Crippen molar-refractivity contribution in [1.82, 2.24) is 5.32 Å². The lowest BCUT2D eigenvalue weighted by Crippen LogP contribution is -2.44. The van der Waals surface area contributed by atoms with E-state index in [9.17, 15) is 9.90 Å². The number of ether oxygens (including phenoxy) is 2. The maximum Gasteiger partial charge on any atom is 0.179 e. The molecule has 2 N–H and O–H groups in total. The Hall–Kier alpha value is -2.24. The maximum atomic E-state index is 12.6. The minimum atomic E-state index is -0.286. The van der Waals surface area contributed by atoms with Gasteiger partial charge in [0.2, 0.25) is 0 Å². The highest BCUT2D eigenvalue weighted by Gasteiger charge is 2.26. The molecule has 0 radical (unpaired) electrons. The minimum Gasteiger partial charge on any atom is -0.508 e. The number of nitrogens with one attached hydrogen (secondary N) is 1. The van der Waals surface area contributed by atoms with Crippen LogP contribution in [0.5, 0.6) is 17.2 Å². The van der Waals surface area contributed by atoms with Gasteiger partial charge in [0.15, 0.2) is 17.3 Å². The molecular formula is C21H26ClNO4. The lowest BCUT2D eigenvalue weighted by molar-refractivity contribution is 0.0942. The molecule has 0 fully saturated rings. The zero-order valence-corrected chi connectivity index (χ0v) is 16.6. The Kier molecular flexibility index (Phi) is 7.11. The Bertz CT molecular complexity index is 792. The minimum absolute atomic E-state index is 0. The number of rotatable bonds is 6. The fourth-order valence-electron chi connectivity index (χ4n) is 3.63. The van der Waals surface area contributed by atoms with E-state index in [1.54, 1.807) is 26.4 Å². The van der Waals surface area contributed by atoms with Gasteiger partial charge in [-0.3, -0.25) is 4.79 Å². The summed E-state index contributed by atoms with van der Waals surface area (Å²) in [5, 5.41) is 12.8. The third kappa shape index (κ3) is 4.54. The van der Waals surface area contributed by atoms with E-state index in [1.807, 2.05) is 13.0 Å². The van der Waals surface area contributed by atoms with Gasteiger partial charge >= 0.3 is 0 Å². The number of aromatic hydroxyl groups is 1. The first-order valence-corrected chi connectivity index (χ1v) is 8.85. The van der Waals surface area contributed by atoms with Crippen molar-refractivity contribution < 1.29 is 19.4 Å². The van der Waals surface area contributed by atoms with E-state index in [4.69, 9.17) is 9.47 Å². The molecule has 2 atom stereocenters. The first-order valence-electron chi connectivity index (χ1n) is 8.85. The molecular weight excluding hydrogens is 366 g/mol. The molecule has 6 heteroatoms. The van der Waals surface area contributed by atoms with Gasteiger partial charge in [-0.25, -0.2) is 0 Å². The summed E-state index contributed by atoms with van der Waals surface area (Å²) in [6, 6.07) is 10.4. The monoisotopic (exact) mass is 391 g/mol. The largest absolute Gasteiger partial charge is 0.508 e. The van der Waals surface area contributed by atoms with Gasteiger partial charge in [-0.2, -0.15) is 0 Å². The molecule has 2 unspecified atom stereocenters. The third-order valence-electron chi connectivity index (χ3n) is 4.99. The number of phenols is 1. The summed E-state index contributed by atoms with van der Waals surface area (Å²) >= 11 is 0. The smallest absolute Gasteiger partial charge is 0.179 e. The Morgan fingerprint density at radius 3 is 2.48 bits per heavy atom. The second kappa shape index (κ2) is 9.11. The van der Waals surface area contributed by atoms with E-state index in [0.29, 0.717) is 5.56 Å². The van der Waals surface area contributed by atoms with Crippen LogP contribution in [0, 0.1) is 0 Å². The second-order valence-electron chi connectivity index (χ2n) is 6.68. The number of phenolic OH excluding ortho intramolecular Hbond substituents is 1. The molecule has 27 heavy (non-hydrogen) atoms. The molecule has 0 saturated heterocycles. The Labute approximate surface area is 166 Å². The van der Waals surface area contributed by atoms with Crippen LogP contribution in [-0.4, -0.2) is 37.2 Å². The first-order chi connectivity index (χ1) is 12.5. The average molecular weight is 392 g/mol. The number of methoxy groups -OCH3 is 2. The van der Waals surface area contributed by atoms with Gasteiger partial charge in [0.05, 0.1) is 20.3 Å². The Morgan fingerprint density at radius 2 is 1.85 bits per heavy atom. The van der Waals surface area contributed by atoms with Crippen molar-refractivity contribution in [1.29, 1.82) is 0 Å². The predicted molar refractivity (Wildman–Crippen MR) is 108 cm³/mol. The van der Waals surface area contributed by atoms with Crippen LogP contribution >= 0.6 is 12.4 Å². The molecule has 1 aliphatic carbocycles. The van der Waals surface area contributed by atoms with Crippen molar-refractivity contribution in [2.75, 3.05) is 14.2 Å². The van der Waals surface area contributed by atoms with E-state index >= 15 is 0 Å². The van der Waals surface area contributed by atoms with Crippen LogP contribution in [0.3, 0.4) is 0 Å². The van der Waals surface area contributed by atoms with Gasteiger partial charge in [0, 0.05) is 17.2 Å². The summed E-state index contributed by atoms with van der Waals surface area (Å²) in [5.41, 5.74) is 3.03. The summed E-state index contributed by atoms with van der Waals surface area (Å²) < 4.78 is 10.9. The van der Waals surface area contributed by atoms with Gasteiger partial charge in [-0.15, -0.1) is 12.4 Å². The lowest BCUT2D eigenvalue weighted by Gasteiger charge is -2.29. The number of hydrogen-bond acceptors (Lipinski definition) is 5. The van der Waals surface area contributed by atoms with Crippen LogP contribution < -0.4 is 14.8 Å². The fraction of sp³-hybridized carbons (Fsp3) is 0.381. The van der Waals surface area contributed by atoms with Crippen LogP contribution in [0.15, 0.2) is 36.4 Å². The molecule has 0 amide bonds. The molecule has 5 nitrogen and oxygen atoms in total. The van der Waals surface area contributed by atoms with Crippen molar-refractivity contribution >= 4 is 18.2 Å². The third-order valence-corrected chi connectivity index (χ3v) is 4.99. The summed E-state index contributed by atoms with van der Waals surface area (Å²) in [4.78, 5) is 12.6. The summed E-state index contributed by atoms with van der Waals surface area (Å²) in [6.07, 6.45) is 2.67. The van der Waals surface area contributed by atoms with Crippen molar-refractivity contribution in [3.63, 3.8) is 0 Å². The molecule has 2 aromatic rings. The highest BCUT2D eigenvalue weighted by Crippen LogP contribution is 2.37. The summed E-state index contributed by atoms with van der Waals surface area (Å²) in [5.74, 6) is 1.77. The van der Waals surface area contributed by atoms with E-state index in [2.05, 4.69) is 11.4 Å². The molecule has 2 aromatic carbocycles. The molecule has 146 valence electrons. The SMILES string of the molecule is COc1ccc2c(c1OC)CCC(NC(C)C(=O)c1ccc(O)cc1)C2.Cl. The number of fused-ring (bicyclic) bond motifs is 1. The standard InChI is InChI=1S/C21H25NO4.ClH/c1-13(20(24)14-4-8-17(23)9-5-14)22-16-7-10-18-15(12-16)6-11-19(25-2)21(18)26-3;/h4-6,8-9,11,13,16,22-23H,7,10,12H2,1-3H3;1H. The highest BCUT2D eigenvalue weighted by molar-refractivity contribution is 5.99. The molecule has 0 saturated carbocycles. The predicted octanol–water partition coefficient (Wildman–Crippen LogP) is 3.55. The van der Waals surface area contributed by atoms with Gasteiger partial charge in [-0.1, -0.05) is 6.07 Å². The van der Waals surface area contributed by atoms with Crippen LogP contribution in [0.4, 0.5) is 0 Å². The summed E-state index contributed by atoms with van der Waals surface area (Å²) in [7, 11) is 3.31. The second-order valence-corrected chi connectivity index (χ2v) is 6.68. The number of benzene rings is 2. The van der Waals surface area contributed by atoms with E-state index in [1.165, 1.54) is 23.3 Å². The molecule has 1 aliphatic rings. The van der Waals surface area contributed by atoms with Crippen LogP contribution in [-0.2, 0) is 12.8 Å². The highest BCUT2D eigenvalue weighted by atomic mass is 35.5. The van der Waals surface area contributed by atoms with E-state index < -0.39 is 0 Å². The average Bonchev–Trinajstić information content (AvgIpc) is 2.66. The van der Waals surface area contributed by atoms with Gasteiger partial charge in [-0.05, 0) is 62.1 Å². The molecule has 0 aliphatic heterocycles. The molecule has 0 spiro atoms. The zero-order valence-electron chi connectivity index (χ0n) is 15.8. The molecule has 3 rings (SSSR count). The van der Waals surface area contributed by atoms with E-state index in [0.717, 1.165) is 30.8 Å². The fourth-order valence-corrected chi connectivity index (χ4v) is 3.63. The number of hydrogen-bond donors (Lipinski definition) is 2. The number of Topliss-reactive ketones (excluding diaryl/α,β-unsaturated/α-hetero) is 1. The summed E-state index contributed by atoms with van der Waals surface area (Å²) in [6.45, 7) is 1.89. The number of carbonyl (C=O) groups excluding carboxylic acids is 1. The van der Waals surface area contributed by atoms with Gasteiger partial charge < -0.3 is 19.9 Å². The number of ketones is 1. The Morgan fingerprint density at radius 1 is 1.15 bits per heavy atom. The van der Waals surface area contributed by atoms with Crippen molar-refractivity contribution in [3.8, 4) is 17.2 Å². The van der Waals surface area contributed by atoms with Crippen molar-refractivity contribution in [2.24, 2.45) is 0 Å². The van der Waals surface area contributed by atoms with Gasteiger partial charge in [0.1, 0.15) is 5.75 Å². The molecule has 0 aromatic heterocycles. The zero-order chi connectivity index (χ0) is 18.7. The van der Waals surface area contributed by atoms with Crippen molar-refractivity contribution in [3.05, 3.63) is 53.1 Å².